The van der Waals surface area contributed by atoms with Crippen LogP contribution in [0.3, 0.4) is 0 Å². The monoisotopic (exact) mass is 239 g/mol. The highest BCUT2D eigenvalue weighted by Gasteiger charge is 1.99. The van der Waals surface area contributed by atoms with Crippen LogP contribution in [-0.2, 0) is 20.0 Å². The second kappa shape index (κ2) is 5.18. The highest BCUT2D eigenvalue weighted by atomic mass is 35.5. The molecule has 2 heterocycles. The second-order valence-corrected chi connectivity index (χ2v) is 4.03. The van der Waals surface area contributed by atoms with E-state index in [1.165, 1.54) is 5.56 Å². The van der Waals surface area contributed by atoms with Gasteiger partial charge in [-0.15, -0.1) is 0 Å². The van der Waals surface area contributed by atoms with Gasteiger partial charge in [0.1, 0.15) is 5.76 Å². The van der Waals surface area contributed by atoms with Gasteiger partial charge in [0.05, 0.1) is 12.7 Å². The average Bonchev–Trinajstić information content (AvgIpc) is 2.83. The standard InChI is InChI=1S/C11H14ClN3O/c1-15-8-9(6-14-15)4-5-13-7-10-2-3-11(12)16-10/h2-3,6,8,13H,4-5,7H2,1H3. The van der Waals surface area contributed by atoms with Gasteiger partial charge in [-0.25, -0.2) is 0 Å². The molecule has 0 spiro atoms. The maximum absolute atomic E-state index is 5.67. The first kappa shape index (κ1) is 11.2. The van der Waals surface area contributed by atoms with Crippen molar-refractivity contribution in [3.8, 4) is 0 Å². The fourth-order valence-corrected chi connectivity index (χ4v) is 1.65. The summed E-state index contributed by atoms with van der Waals surface area (Å²) in [5, 5.41) is 7.83. The van der Waals surface area contributed by atoms with Crippen LogP contribution in [0.15, 0.2) is 28.9 Å². The zero-order chi connectivity index (χ0) is 11.4. The van der Waals surface area contributed by atoms with E-state index in [9.17, 15) is 0 Å². The Kier molecular flexibility index (Phi) is 3.64. The SMILES string of the molecule is Cn1cc(CCNCc2ccc(Cl)o2)cn1. The number of nitrogens with one attached hydrogen (secondary N) is 1. The van der Waals surface area contributed by atoms with Gasteiger partial charge in [0.2, 0.25) is 0 Å². The normalized spacial score (nSPS) is 10.9. The molecular formula is C11H14ClN3O. The molecule has 0 saturated heterocycles. The van der Waals surface area contributed by atoms with Gasteiger partial charge in [0.25, 0.3) is 0 Å². The lowest BCUT2D eigenvalue weighted by atomic mass is 10.2. The summed E-state index contributed by atoms with van der Waals surface area (Å²) >= 11 is 5.67. The van der Waals surface area contributed by atoms with Gasteiger partial charge in [0.15, 0.2) is 5.22 Å². The van der Waals surface area contributed by atoms with Crippen LogP contribution >= 0.6 is 11.6 Å². The molecular weight excluding hydrogens is 226 g/mol. The van der Waals surface area contributed by atoms with Crippen molar-refractivity contribution in [3.63, 3.8) is 0 Å². The summed E-state index contributed by atoms with van der Waals surface area (Å²) in [5.74, 6) is 0.858. The molecule has 0 aliphatic rings. The van der Waals surface area contributed by atoms with Crippen molar-refractivity contribution in [2.75, 3.05) is 6.54 Å². The van der Waals surface area contributed by atoms with Gasteiger partial charge < -0.3 is 9.73 Å². The molecule has 1 N–H and O–H groups in total. The minimum Gasteiger partial charge on any atom is -0.448 e. The summed E-state index contributed by atoms with van der Waals surface area (Å²) < 4.78 is 7.03. The summed E-state index contributed by atoms with van der Waals surface area (Å²) in [5.41, 5.74) is 1.23. The highest BCUT2D eigenvalue weighted by molar-refractivity contribution is 6.28. The minimum atomic E-state index is 0.434. The topological polar surface area (TPSA) is 43.0 Å². The van der Waals surface area contributed by atoms with Crippen molar-refractivity contribution < 1.29 is 4.42 Å². The summed E-state index contributed by atoms with van der Waals surface area (Å²) in [6, 6.07) is 3.62. The van der Waals surface area contributed by atoms with E-state index >= 15 is 0 Å². The molecule has 2 aromatic rings. The average molecular weight is 240 g/mol. The van der Waals surface area contributed by atoms with Gasteiger partial charge in [-0.1, -0.05) is 0 Å². The molecule has 0 aromatic carbocycles. The third-order valence-corrected chi connectivity index (χ3v) is 2.48. The summed E-state index contributed by atoms with van der Waals surface area (Å²) in [7, 11) is 1.92. The first-order valence-electron chi connectivity index (χ1n) is 5.16. The number of furan rings is 1. The molecule has 2 rings (SSSR count). The van der Waals surface area contributed by atoms with Crippen LogP contribution in [0.25, 0.3) is 0 Å². The van der Waals surface area contributed by atoms with Crippen LogP contribution < -0.4 is 5.32 Å². The van der Waals surface area contributed by atoms with E-state index in [0.717, 1.165) is 18.7 Å². The van der Waals surface area contributed by atoms with Crippen molar-refractivity contribution >= 4 is 11.6 Å². The van der Waals surface area contributed by atoms with E-state index in [1.54, 1.807) is 6.07 Å². The molecule has 0 saturated carbocycles. The Labute approximate surface area is 99.2 Å². The number of halogens is 1. The Morgan fingerprint density at radius 2 is 2.38 bits per heavy atom. The molecule has 16 heavy (non-hydrogen) atoms. The first-order valence-corrected chi connectivity index (χ1v) is 5.54. The molecule has 0 radical (unpaired) electrons. The summed E-state index contributed by atoms with van der Waals surface area (Å²) in [6.07, 6.45) is 4.86. The van der Waals surface area contributed by atoms with Crippen molar-refractivity contribution in [2.45, 2.75) is 13.0 Å². The molecule has 5 heteroatoms. The van der Waals surface area contributed by atoms with Gasteiger partial charge in [-0.05, 0) is 42.3 Å². The fraction of sp³-hybridized carbons (Fsp3) is 0.364. The van der Waals surface area contributed by atoms with Crippen LogP contribution in [0.4, 0.5) is 0 Å². The van der Waals surface area contributed by atoms with E-state index in [2.05, 4.69) is 10.4 Å². The van der Waals surface area contributed by atoms with Crippen molar-refractivity contribution in [1.29, 1.82) is 0 Å². The van der Waals surface area contributed by atoms with E-state index in [4.69, 9.17) is 16.0 Å². The summed E-state index contributed by atoms with van der Waals surface area (Å²) in [6.45, 7) is 1.59. The Balaban J connectivity index is 1.69. The van der Waals surface area contributed by atoms with Crippen LogP contribution in [0, 0.1) is 0 Å². The van der Waals surface area contributed by atoms with Gasteiger partial charge in [-0.3, -0.25) is 4.68 Å². The summed E-state index contributed by atoms with van der Waals surface area (Å²) in [4.78, 5) is 0. The maximum Gasteiger partial charge on any atom is 0.193 e. The number of rotatable bonds is 5. The zero-order valence-electron chi connectivity index (χ0n) is 9.11. The Morgan fingerprint density at radius 1 is 1.50 bits per heavy atom. The lowest BCUT2D eigenvalue weighted by Gasteiger charge is -2.00. The van der Waals surface area contributed by atoms with E-state index < -0.39 is 0 Å². The molecule has 0 bridgehead atoms. The molecule has 0 atom stereocenters. The van der Waals surface area contributed by atoms with Gasteiger partial charge in [-0.2, -0.15) is 5.10 Å². The van der Waals surface area contributed by atoms with E-state index in [0.29, 0.717) is 11.8 Å². The van der Waals surface area contributed by atoms with Crippen LogP contribution in [0.2, 0.25) is 5.22 Å². The molecule has 0 amide bonds. The Hall–Kier alpha value is -1.26. The number of hydrogen-bond acceptors (Lipinski definition) is 3. The van der Waals surface area contributed by atoms with Crippen LogP contribution in [-0.4, -0.2) is 16.3 Å². The molecule has 0 unspecified atom stereocenters. The number of aryl methyl sites for hydroxylation is 1. The minimum absolute atomic E-state index is 0.434. The highest BCUT2D eigenvalue weighted by Crippen LogP contribution is 2.12. The smallest absolute Gasteiger partial charge is 0.193 e. The quantitative estimate of drug-likeness (QED) is 0.812. The second-order valence-electron chi connectivity index (χ2n) is 3.65. The van der Waals surface area contributed by atoms with Crippen molar-refractivity contribution in [3.05, 3.63) is 41.1 Å². The van der Waals surface area contributed by atoms with Crippen LogP contribution in [0.5, 0.6) is 0 Å². The van der Waals surface area contributed by atoms with Crippen LogP contribution in [0.1, 0.15) is 11.3 Å². The molecule has 0 fully saturated rings. The third kappa shape index (κ3) is 3.12. The van der Waals surface area contributed by atoms with E-state index in [-0.39, 0.29) is 0 Å². The van der Waals surface area contributed by atoms with Gasteiger partial charge in [0, 0.05) is 13.2 Å². The Morgan fingerprint density at radius 3 is 3.00 bits per heavy atom. The van der Waals surface area contributed by atoms with Crippen molar-refractivity contribution in [1.82, 2.24) is 15.1 Å². The molecule has 0 aliphatic heterocycles. The molecule has 4 nitrogen and oxygen atoms in total. The lowest BCUT2D eigenvalue weighted by Crippen LogP contribution is -2.16. The third-order valence-electron chi connectivity index (χ3n) is 2.28. The number of aromatic nitrogens is 2. The number of nitrogens with zero attached hydrogens (tertiary/aromatic N) is 2. The largest absolute Gasteiger partial charge is 0.448 e. The Bertz CT molecular complexity index is 407. The van der Waals surface area contributed by atoms with E-state index in [1.807, 2.05) is 30.2 Å². The fourth-order valence-electron chi connectivity index (χ4n) is 1.49. The van der Waals surface area contributed by atoms with Gasteiger partial charge >= 0.3 is 0 Å². The predicted molar refractivity (Wildman–Crippen MR) is 62.3 cm³/mol. The van der Waals surface area contributed by atoms with Crippen molar-refractivity contribution in [2.24, 2.45) is 7.05 Å². The molecule has 86 valence electrons. The zero-order valence-corrected chi connectivity index (χ0v) is 9.87. The first-order chi connectivity index (χ1) is 7.74. The number of hydrogen-bond donors (Lipinski definition) is 1. The maximum atomic E-state index is 5.67. The molecule has 2 aromatic heterocycles. The molecule has 0 aliphatic carbocycles. The lowest BCUT2D eigenvalue weighted by molar-refractivity contribution is 0.486. The predicted octanol–water partition coefficient (Wildman–Crippen LogP) is 2.00.